The van der Waals surface area contributed by atoms with Gasteiger partial charge in [-0.1, -0.05) is 13.0 Å². The zero-order chi connectivity index (χ0) is 15.6. The smallest absolute Gasteiger partial charge is 0.299 e. The molecule has 0 aliphatic carbocycles. The molecule has 0 aliphatic rings. The number of carbonyl (C=O) groups is 1. The van der Waals surface area contributed by atoms with Crippen LogP contribution in [0.4, 0.5) is 0 Å². The van der Waals surface area contributed by atoms with E-state index in [2.05, 4.69) is 0 Å². The van der Waals surface area contributed by atoms with Crippen LogP contribution in [0.3, 0.4) is 0 Å². The minimum atomic E-state index is -0.119. The molecule has 1 aromatic heterocycles. The Hall–Kier alpha value is -2.10. The first-order valence-electron chi connectivity index (χ1n) is 7.30. The molecule has 0 unspecified atom stereocenters. The van der Waals surface area contributed by atoms with Crippen LogP contribution in [0.15, 0.2) is 29.3 Å². The monoisotopic (exact) mass is 286 g/mol. The summed E-state index contributed by atoms with van der Waals surface area (Å²) in [6, 6.07) is 3.94. The summed E-state index contributed by atoms with van der Waals surface area (Å²) < 4.78 is 3.12. The normalized spacial score (nSPS) is 10.9. The van der Waals surface area contributed by atoms with Gasteiger partial charge in [-0.15, -0.1) is 0 Å². The molecule has 0 aliphatic heterocycles. The summed E-state index contributed by atoms with van der Waals surface area (Å²) in [4.78, 5) is 24.6. The second kappa shape index (κ2) is 6.12. The van der Waals surface area contributed by atoms with Crippen LogP contribution in [0.1, 0.15) is 40.4 Å². The summed E-state index contributed by atoms with van der Waals surface area (Å²) in [5.74, 6) is -0.0213. The summed E-state index contributed by atoms with van der Waals surface area (Å²) in [6.07, 6.45) is 4.33. The van der Waals surface area contributed by atoms with Crippen LogP contribution in [-0.2, 0) is 13.1 Å². The highest BCUT2D eigenvalue weighted by atomic mass is 16.2. The third kappa shape index (κ3) is 3.15. The van der Waals surface area contributed by atoms with Crippen LogP contribution in [0.25, 0.3) is 0 Å². The maximum absolute atomic E-state index is 12.4. The summed E-state index contributed by atoms with van der Waals surface area (Å²) in [7, 11) is 0. The van der Waals surface area contributed by atoms with Gasteiger partial charge in [0.2, 0.25) is 0 Å². The third-order valence-corrected chi connectivity index (χ3v) is 3.84. The Morgan fingerprint density at radius 1 is 1.00 bits per heavy atom. The van der Waals surface area contributed by atoms with Crippen molar-refractivity contribution in [3.63, 3.8) is 0 Å². The van der Waals surface area contributed by atoms with Crippen molar-refractivity contribution in [2.75, 3.05) is 0 Å². The number of hydrogen-bond acceptors (Lipinski definition) is 2. The van der Waals surface area contributed by atoms with E-state index in [0.29, 0.717) is 12.1 Å². The molecule has 0 atom stereocenters. The molecule has 1 heterocycles. The standard InChI is InChI=1S/C17H22N2O2/c1-5-6-18-7-8-19(17(18)21)11-16(20)15-10-13(3)12(2)9-14(15)4/h7-10H,5-6,11H2,1-4H3. The highest BCUT2D eigenvalue weighted by Crippen LogP contribution is 2.16. The fraction of sp³-hybridized carbons (Fsp3) is 0.412. The molecule has 2 aromatic rings. The van der Waals surface area contributed by atoms with E-state index in [1.807, 2.05) is 39.8 Å². The Morgan fingerprint density at radius 2 is 1.62 bits per heavy atom. The first-order chi connectivity index (χ1) is 9.93. The van der Waals surface area contributed by atoms with Gasteiger partial charge in [-0.05, 0) is 49.9 Å². The van der Waals surface area contributed by atoms with Gasteiger partial charge in [0.25, 0.3) is 0 Å². The van der Waals surface area contributed by atoms with Crippen molar-refractivity contribution >= 4 is 5.78 Å². The quantitative estimate of drug-likeness (QED) is 0.793. The molecular formula is C17H22N2O2. The Labute approximate surface area is 125 Å². The van der Waals surface area contributed by atoms with Crippen molar-refractivity contribution in [1.82, 2.24) is 9.13 Å². The summed E-state index contributed by atoms with van der Waals surface area (Å²) >= 11 is 0. The number of benzene rings is 1. The molecule has 112 valence electrons. The molecule has 4 nitrogen and oxygen atoms in total. The molecule has 21 heavy (non-hydrogen) atoms. The van der Waals surface area contributed by atoms with E-state index in [0.717, 1.165) is 17.5 Å². The van der Waals surface area contributed by atoms with Crippen molar-refractivity contribution < 1.29 is 4.79 Å². The number of aromatic nitrogens is 2. The van der Waals surface area contributed by atoms with Crippen molar-refractivity contribution in [2.45, 2.75) is 47.2 Å². The van der Waals surface area contributed by atoms with Crippen LogP contribution in [-0.4, -0.2) is 14.9 Å². The van der Waals surface area contributed by atoms with Crippen LogP contribution >= 0.6 is 0 Å². The van der Waals surface area contributed by atoms with Gasteiger partial charge in [-0.3, -0.25) is 13.9 Å². The van der Waals surface area contributed by atoms with Crippen molar-refractivity contribution in [1.29, 1.82) is 0 Å². The van der Waals surface area contributed by atoms with Gasteiger partial charge in [0.05, 0.1) is 6.54 Å². The number of Topliss-reactive ketones (excluding diaryl/α,β-unsaturated/α-hetero) is 1. The molecule has 0 saturated heterocycles. The molecule has 0 amide bonds. The second-order valence-corrected chi connectivity index (χ2v) is 5.58. The van der Waals surface area contributed by atoms with Gasteiger partial charge in [0, 0.05) is 24.5 Å². The average Bonchev–Trinajstić information content (AvgIpc) is 2.76. The van der Waals surface area contributed by atoms with Gasteiger partial charge in [-0.2, -0.15) is 0 Å². The van der Waals surface area contributed by atoms with Crippen LogP contribution in [0.5, 0.6) is 0 Å². The van der Waals surface area contributed by atoms with Gasteiger partial charge in [0.1, 0.15) is 0 Å². The van der Waals surface area contributed by atoms with Crippen LogP contribution in [0.2, 0.25) is 0 Å². The number of hydrogen-bond donors (Lipinski definition) is 0. The SMILES string of the molecule is CCCn1ccn(CC(=O)c2cc(C)c(C)cc2C)c1=O. The Balaban J connectivity index is 2.26. The molecule has 0 saturated carbocycles. The van der Waals surface area contributed by atoms with E-state index < -0.39 is 0 Å². The Bertz CT molecular complexity index is 723. The number of ketones is 1. The number of nitrogens with zero attached hydrogens (tertiary/aromatic N) is 2. The van der Waals surface area contributed by atoms with E-state index in [1.54, 1.807) is 17.0 Å². The second-order valence-electron chi connectivity index (χ2n) is 5.58. The number of carbonyl (C=O) groups excluding carboxylic acids is 1. The fourth-order valence-corrected chi connectivity index (χ4v) is 2.49. The van der Waals surface area contributed by atoms with Crippen molar-refractivity contribution in [3.05, 3.63) is 57.3 Å². The van der Waals surface area contributed by atoms with Crippen LogP contribution in [0, 0.1) is 20.8 Å². The van der Waals surface area contributed by atoms with Crippen molar-refractivity contribution in [3.8, 4) is 0 Å². The van der Waals surface area contributed by atoms with E-state index in [-0.39, 0.29) is 18.0 Å². The highest BCUT2D eigenvalue weighted by molar-refractivity contribution is 5.97. The van der Waals surface area contributed by atoms with E-state index in [1.165, 1.54) is 10.1 Å². The predicted octanol–water partition coefficient (Wildman–Crippen LogP) is 2.87. The fourth-order valence-electron chi connectivity index (χ4n) is 2.49. The number of imidazole rings is 1. The summed E-state index contributed by atoms with van der Waals surface area (Å²) in [6.45, 7) is 8.76. The zero-order valence-corrected chi connectivity index (χ0v) is 13.1. The molecule has 2 rings (SSSR count). The lowest BCUT2D eigenvalue weighted by molar-refractivity contribution is 0.0970. The molecule has 0 radical (unpaired) electrons. The minimum absolute atomic E-state index is 0.0213. The molecule has 0 spiro atoms. The lowest BCUT2D eigenvalue weighted by atomic mass is 9.98. The molecule has 4 heteroatoms. The molecule has 0 bridgehead atoms. The van der Waals surface area contributed by atoms with E-state index in [4.69, 9.17) is 0 Å². The summed E-state index contributed by atoms with van der Waals surface area (Å²) in [5, 5.41) is 0. The minimum Gasteiger partial charge on any atom is -0.299 e. The topological polar surface area (TPSA) is 44.0 Å². The Kier molecular flexibility index (Phi) is 4.46. The third-order valence-electron chi connectivity index (χ3n) is 3.84. The highest BCUT2D eigenvalue weighted by Gasteiger charge is 2.13. The first-order valence-corrected chi connectivity index (χ1v) is 7.30. The zero-order valence-electron chi connectivity index (χ0n) is 13.1. The van der Waals surface area contributed by atoms with Gasteiger partial charge < -0.3 is 0 Å². The Morgan fingerprint density at radius 3 is 2.29 bits per heavy atom. The predicted molar refractivity (Wildman–Crippen MR) is 84.0 cm³/mol. The summed E-state index contributed by atoms with van der Waals surface area (Å²) in [5.41, 5.74) is 3.82. The molecule has 0 fully saturated rings. The van der Waals surface area contributed by atoms with Crippen molar-refractivity contribution in [2.24, 2.45) is 0 Å². The van der Waals surface area contributed by atoms with Gasteiger partial charge >= 0.3 is 5.69 Å². The lowest BCUT2D eigenvalue weighted by Crippen LogP contribution is -2.27. The van der Waals surface area contributed by atoms with Gasteiger partial charge in [-0.25, -0.2) is 4.79 Å². The van der Waals surface area contributed by atoms with E-state index in [9.17, 15) is 9.59 Å². The van der Waals surface area contributed by atoms with Crippen LogP contribution < -0.4 is 5.69 Å². The molecule has 0 N–H and O–H groups in total. The molecular weight excluding hydrogens is 264 g/mol. The number of rotatable bonds is 5. The largest absolute Gasteiger partial charge is 0.328 e. The van der Waals surface area contributed by atoms with E-state index >= 15 is 0 Å². The average molecular weight is 286 g/mol. The maximum Gasteiger partial charge on any atom is 0.328 e. The maximum atomic E-state index is 12.4. The molecule has 1 aromatic carbocycles. The lowest BCUT2D eigenvalue weighted by Gasteiger charge is -2.09. The first kappa shape index (κ1) is 15.3. The van der Waals surface area contributed by atoms with Gasteiger partial charge in [0.15, 0.2) is 5.78 Å². The number of aryl methyl sites for hydroxylation is 4.